The summed E-state index contributed by atoms with van der Waals surface area (Å²) in [6.07, 6.45) is 3.29. The lowest BCUT2D eigenvalue weighted by molar-refractivity contribution is 1.51. The van der Waals surface area contributed by atoms with Gasteiger partial charge in [0.2, 0.25) is 0 Å². The number of fused-ring (bicyclic) bond motifs is 1. The van der Waals surface area contributed by atoms with E-state index in [1.807, 2.05) is 0 Å². The van der Waals surface area contributed by atoms with E-state index in [9.17, 15) is 0 Å². The molecule has 0 bridgehead atoms. The summed E-state index contributed by atoms with van der Waals surface area (Å²) in [5, 5.41) is 4.74. The van der Waals surface area contributed by atoms with Gasteiger partial charge in [-0.2, -0.15) is 0 Å². The lowest BCUT2D eigenvalue weighted by Crippen LogP contribution is -2.25. The van der Waals surface area contributed by atoms with Crippen LogP contribution in [0.3, 0.4) is 0 Å². The quantitative estimate of drug-likeness (QED) is 0.524. The Morgan fingerprint density at radius 3 is 3.10 bits per heavy atom. The Morgan fingerprint density at radius 1 is 1.30 bits per heavy atom. The topological polar surface area (TPSA) is 0 Å². The summed E-state index contributed by atoms with van der Waals surface area (Å²) in [6.45, 7) is 0. The molecule has 0 saturated carbocycles. The molecule has 0 aliphatic carbocycles. The highest BCUT2D eigenvalue weighted by atomic mass is 32.2. The first-order valence-electron chi connectivity index (χ1n) is 3.24. The van der Waals surface area contributed by atoms with Gasteiger partial charge in [0.25, 0.3) is 0 Å². The largest absolute Gasteiger partial charge is 0.129 e. The lowest BCUT2D eigenvalue weighted by atomic mass is 10.2. The Balaban J connectivity index is 2.84. The minimum atomic E-state index is 0.997. The molecule has 1 radical (unpaired) electrons. The first-order valence-corrected chi connectivity index (χ1v) is 4.29. The predicted molar refractivity (Wildman–Crippen MR) is 46.0 cm³/mol. The van der Waals surface area contributed by atoms with E-state index >= 15 is 0 Å². The molecule has 1 aliphatic rings. The standard InChI is InChI=1S/C9H7S/c1-2-4-9-7-10-6-5-8(9)3-1/h1-4,7H,6H2. The summed E-state index contributed by atoms with van der Waals surface area (Å²) in [6, 6.07) is 8.33. The average molecular weight is 147 g/mol. The van der Waals surface area contributed by atoms with E-state index in [0.717, 1.165) is 5.75 Å². The number of hydrogen-bond donors (Lipinski definition) is 0. The third kappa shape index (κ3) is 0.971. The van der Waals surface area contributed by atoms with Gasteiger partial charge in [0.1, 0.15) is 0 Å². The third-order valence-corrected chi connectivity index (χ3v) is 2.25. The first kappa shape index (κ1) is 6.05. The normalized spacial score (nSPS) is 14.8. The van der Waals surface area contributed by atoms with Crippen molar-refractivity contribution in [2.75, 3.05) is 5.75 Å². The van der Waals surface area contributed by atoms with Gasteiger partial charge in [0.05, 0.1) is 0 Å². The highest BCUT2D eigenvalue weighted by molar-refractivity contribution is 8.06. The molecule has 0 aromatic heterocycles. The minimum Gasteiger partial charge on any atom is -0.129 e. The van der Waals surface area contributed by atoms with E-state index in [-0.39, 0.29) is 0 Å². The molecule has 0 amide bonds. The number of benzene rings is 1. The van der Waals surface area contributed by atoms with Crippen LogP contribution in [0.25, 0.3) is 11.5 Å². The van der Waals surface area contributed by atoms with Crippen molar-refractivity contribution in [2.24, 2.45) is 0 Å². The fourth-order valence-electron chi connectivity index (χ4n) is 1.01. The second-order valence-electron chi connectivity index (χ2n) is 2.19. The summed E-state index contributed by atoms with van der Waals surface area (Å²) in [5.41, 5.74) is 0. The van der Waals surface area contributed by atoms with Gasteiger partial charge in [-0.25, -0.2) is 0 Å². The molecule has 0 atom stereocenters. The molecule has 0 nitrogen and oxygen atoms in total. The van der Waals surface area contributed by atoms with Crippen LogP contribution in [0, 0.1) is 0 Å². The molecule has 0 fully saturated rings. The summed E-state index contributed by atoms with van der Waals surface area (Å²) < 4.78 is 0. The fourth-order valence-corrected chi connectivity index (χ4v) is 1.72. The predicted octanol–water partition coefficient (Wildman–Crippen LogP) is 0.829. The van der Waals surface area contributed by atoms with E-state index in [4.69, 9.17) is 0 Å². The van der Waals surface area contributed by atoms with Gasteiger partial charge in [0.15, 0.2) is 0 Å². The van der Waals surface area contributed by atoms with Gasteiger partial charge in [-0.15, -0.1) is 11.8 Å². The van der Waals surface area contributed by atoms with Crippen LogP contribution < -0.4 is 10.4 Å². The van der Waals surface area contributed by atoms with E-state index in [0.29, 0.717) is 0 Å². The molecule has 0 N–H and O–H groups in total. The third-order valence-electron chi connectivity index (χ3n) is 1.52. The molecular weight excluding hydrogens is 140 g/mol. The van der Waals surface area contributed by atoms with Crippen molar-refractivity contribution in [3.05, 3.63) is 34.7 Å². The number of thioether (sulfide) groups is 1. The molecule has 1 aromatic carbocycles. The Labute approximate surface area is 64.3 Å². The van der Waals surface area contributed by atoms with E-state index in [1.165, 1.54) is 10.4 Å². The van der Waals surface area contributed by atoms with Crippen LogP contribution >= 0.6 is 11.8 Å². The van der Waals surface area contributed by atoms with Crippen molar-refractivity contribution >= 4 is 23.2 Å². The fraction of sp³-hybridized carbons (Fsp3) is 0.111. The van der Waals surface area contributed by atoms with Gasteiger partial charge in [0, 0.05) is 5.75 Å². The molecule has 1 aromatic rings. The van der Waals surface area contributed by atoms with Crippen LogP contribution in [0.15, 0.2) is 24.3 Å². The van der Waals surface area contributed by atoms with Crippen molar-refractivity contribution in [3.8, 4) is 0 Å². The minimum absolute atomic E-state index is 0.997. The van der Waals surface area contributed by atoms with Crippen LogP contribution in [0.2, 0.25) is 0 Å². The summed E-state index contributed by atoms with van der Waals surface area (Å²) in [4.78, 5) is 0. The SMILES string of the molecule is [C]1=c2ccccc2=CSC1. The van der Waals surface area contributed by atoms with Crippen LogP contribution in [-0.2, 0) is 0 Å². The summed E-state index contributed by atoms with van der Waals surface area (Å²) in [5.74, 6) is 0.997. The summed E-state index contributed by atoms with van der Waals surface area (Å²) >= 11 is 1.80. The van der Waals surface area contributed by atoms with Crippen LogP contribution in [-0.4, -0.2) is 5.75 Å². The smallest absolute Gasteiger partial charge is 0.0235 e. The zero-order valence-corrected chi connectivity index (χ0v) is 6.32. The highest BCUT2D eigenvalue weighted by Crippen LogP contribution is 2.02. The van der Waals surface area contributed by atoms with E-state index in [1.54, 1.807) is 11.8 Å². The molecule has 10 heavy (non-hydrogen) atoms. The lowest BCUT2D eigenvalue weighted by Gasteiger charge is -1.95. The van der Waals surface area contributed by atoms with Crippen molar-refractivity contribution in [1.29, 1.82) is 0 Å². The maximum absolute atomic E-state index is 3.29. The van der Waals surface area contributed by atoms with Gasteiger partial charge in [-0.05, 0) is 21.9 Å². The molecule has 49 valence electrons. The molecule has 1 heterocycles. The van der Waals surface area contributed by atoms with Crippen LogP contribution in [0.5, 0.6) is 0 Å². The van der Waals surface area contributed by atoms with Crippen LogP contribution in [0.4, 0.5) is 0 Å². The Hall–Kier alpha value is -0.690. The molecule has 1 heteroatoms. The van der Waals surface area contributed by atoms with Crippen LogP contribution in [0.1, 0.15) is 0 Å². The monoisotopic (exact) mass is 147 g/mol. The zero-order chi connectivity index (χ0) is 6.81. The van der Waals surface area contributed by atoms with Crippen molar-refractivity contribution in [3.63, 3.8) is 0 Å². The number of hydrogen-bond acceptors (Lipinski definition) is 1. The Kier molecular flexibility index (Phi) is 1.52. The maximum Gasteiger partial charge on any atom is 0.0235 e. The van der Waals surface area contributed by atoms with E-state index < -0.39 is 0 Å². The summed E-state index contributed by atoms with van der Waals surface area (Å²) in [7, 11) is 0. The molecule has 0 spiro atoms. The average Bonchev–Trinajstić information content (AvgIpc) is 2.05. The molecule has 2 rings (SSSR count). The van der Waals surface area contributed by atoms with Gasteiger partial charge in [-0.1, -0.05) is 24.3 Å². The van der Waals surface area contributed by atoms with Crippen molar-refractivity contribution < 1.29 is 0 Å². The second-order valence-corrected chi connectivity index (χ2v) is 3.05. The first-order chi connectivity index (χ1) is 4.97. The maximum atomic E-state index is 3.29. The van der Waals surface area contributed by atoms with Gasteiger partial charge < -0.3 is 0 Å². The van der Waals surface area contributed by atoms with Gasteiger partial charge >= 0.3 is 0 Å². The Morgan fingerprint density at radius 2 is 2.20 bits per heavy atom. The number of rotatable bonds is 0. The van der Waals surface area contributed by atoms with Gasteiger partial charge in [-0.3, -0.25) is 0 Å². The molecule has 0 unspecified atom stereocenters. The highest BCUT2D eigenvalue weighted by Gasteiger charge is 1.89. The molecule has 1 aliphatic heterocycles. The second kappa shape index (κ2) is 2.51. The van der Waals surface area contributed by atoms with Crippen molar-refractivity contribution in [1.82, 2.24) is 0 Å². The zero-order valence-electron chi connectivity index (χ0n) is 5.50. The van der Waals surface area contributed by atoms with Crippen molar-refractivity contribution in [2.45, 2.75) is 0 Å². The molecule has 0 saturated heterocycles. The van der Waals surface area contributed by atoms with E-state index in [2.05, 4.69) is 35.7 Å². The molecular formula is C9H7S. The Bertz CT molecular complexity index is 303.